The maximum Gasteiger partial charge on any atom is 0.261 e. The molecule has 1 aromatic rings. The molecule has 19 heavy (non-hydrogen) atoms. The molecular weight excluding hydrogens is 270 g/mol. The fourth-order valence-corrected chi connectivity index (χ4v) is 2.68. The van der Waals surface area contributed by atoms with E-state index in [9.17, 15) is 8.78 Å². The standard InChI is InChI=1S/C13H22F2N2OS/c1-4-10-11(7-16-9(2)3)19-13(17-10)5-6-18-8-12(14)15/h9,12,16H,4-8H2,1-3H3. The van der Waals surface area contributed by atoms with E-state index in [0.29, 0.717) is 19.1 Å². The third kappa shape index (κ3) is 6.40. The minimum absolute atomic E-state index is 0.304. The third-order valence-electron chi connectivity index (χ3n) is 2.53. The summed E-state index contributed by atoms with van der Waals surface area (Å²) in [6, 6.07) is 0.435. The molecule has 0 aliphatic carbocycles. The van der Waals surface area contributed by atoms with Crippen LogP contribution in [0, 0.1) is 0 Å². The smallest absolute Gasteiger partial charge is 0.261 e. The van der Waals surface area contributed by atoms with Gasteiger partial charge in [0.25, 0.3) is 6.43 Å². The van der Waals surface area contributed by atoms with Crippen LogP contribution in [0.4, 0.5) is 8.78 Å². The first-order valence-corrected chi connectivity index (χ1v) is 7.41. The number of thiazole rings is 1. The zero-order valence-electron chi connectivity index (χ0n) is 11.7. The Bertz CT molecular complexity index is 370. The van der Waals surface area contributed by atoms with Crippen molar-refractivity contribution in [1.29, 1.82) is 0 Å². The van der Waals surface area contributed by atoms with Crippen molar-refractivity contribution in [2.24, 2.45) is 0 Å². The van der Waals surface area contributed by atoms with Crippen LogP contribution in [0.1, 0.15) is 36.3 Å². The van der Waals surface area contributed by atoms with Gasteiger partial charge < -0.3 is 10.1 Å². The highest BCUT2D eigenvalue weighted by atomic mass is 32.1. The molecule has 0 saturated heterocycles. The fraction of sp³-hybridized carbons (Fsp3) is 0.769. The number of ether oxygens (including phenoxy) is 1. The summed E-state index contributed by atoms with van der Waals surface area (Å²) < 4.78 is 28.7. The Morgan fingerprint density at radius 2 is 2.11 bits per heavy atom. The SMILES string of the molecule is CCc1nc(CCOCC(F)F)sc1CNC(C)C. The van der Waals surface area contributed by atoms with Crippen molar-refractivity contribution >= 4 is 11.3 Å². The number of aromatic nitrogens is 1. The zero-order valence-corrected chi connectivity index (χ0v) is 12.5. The number of rotatable bonds is 9. The molecule has 0 aliphatic rings. The van der Waals surface area contributed by atoms with E-state index in [4.69, 9.17) is 4.74 Å². The molecule has 1 N–H and O–H groups in total. The Labute approximate surface area is 117 Å². The van der Waals surface area contributed by atoms with E-state index in [2.05, 4.69) is 31.1 Å². The predicted molar refractivity (Wildman–Crippen MR) is 74.0 cm³/mol. The number of alkyl halides is 2. The van der Waals surface area contributed by atoms with Crippen LogP contribution >= 0.6 is 11.3 Å². The predicted octanol–water partition coefficient (Wildman–Crippen LogP) is 3.03. The van der Waals surface area contributed by atoms with Gasteiger partial charge in [-0.2, -0.15) is 0 Å². The summed E-state index contributed by atoms with van der Waals surface area (Å²) in [7, 11) is 0. The van der Waals surface area contributed by atoms with E-state index in [0.717, 1.165) is 23.7 Å². The van der Waals surface area contributed by atoms with E-state index < -0.39 is 13.0 Å². The minimum Gasteiger partial charge on any atom is -0.375 e. The quantitative estimate of drug-likeness (QED) is 0.710. The number of nitrogens with zero attached hydrogens (tertiary/aromatic N) is 1. The van der Waals surface area contributed by atoms with Gasteiger partial charge in [-0.3, -0.25) is 0 Å². The van der Waals surface area contributed by atoms with E-state index in [1.807, 2.05) is 0 Å². The fourth-order valence-electron chi connectivity index (χ4n) is 1.59. The minimum atomic E-state index is -2.40. The van der Waals surface area contributed by atoms with Gasteiger partial charge in [0.05, 0.1) is 17.3 Å². The third-order valence-corrected chi connectivity index (χ3v) is 3.69. The molecule has 3 nitrogen and oxygen atoms in total. The van der Waals surface area contributed by atoms with Gasteiger partial charge in [0.1, 0.15) is 6.61 Å². The molecular formula is C13H22F2N2OS. The molecule has 6 heteroatoms. The second-order valence-corrected chi connectivity index (χ2v) is 5.75. The van der Waals surface area contributed by atoms with E-state index in [1.54, 1.807) is 11.3 Å². The van der Waals surface area contributed by atoms with Crippen LogP contribution in [-0.2, 0) is 24.1 Å². The highest BCUT2D eigenvalue weighted by molar-refractivity contribution is 7.11. The van der Waals surface area contributed by atoms with Crippen LogP contribution in [0.15, 0.2) is 0 Å². The molecule has 1 heterocycles. The molecule has 0 aliphatic heterocycles. The van der Waals surface area contributed by atoms with Gasteiger partial charge in [-0.25, -0.2) is 13.8 Å². The van der Waals surface area contributed by atoms with Crippen molar-refractivity contribution in [1.82, 2.24) is 10.3 Å². The molecule has 0 spiro atoms. The Hall–Kier alpha value is -0.590. The van der Waals surface area contributed by atoms with Gasteiger partial charge in [-0.1, -0.05) is 20.8 Å². The normalized spacial score (nSPS) is 11.7. The van der Waals surface area contributed by atoms with Crippen LogP contribution in [-0.4, -0.2) is 30.7 Å². The average molecular weight is 292 g/mol. The van der Waals surface area contributed by atoms with Crippen molar-refractivity contribution in [3.05, 3.63) is 15.6 Å². The summed E-state index contributed by atoms with van der Waals surface area (Å²) in [5, 5.41) is 4.34. The zero-order chi connectivity index (χ0) is 14.3. The van der Waals surface area contributed by atoms with Gasteiger partial charge in [-0.05, 0) is 6.42 Å². The molecule has 0 fully saturated rings. The molecule has 0 radical (unpaired) electrons. The Balaban J connectivity index is 2.46. The maximum absolute atomic E-state index is 11.9. The summed E-state index contributed by atoms with van der Waals surface area (Å²) in [6.45, 7) is 6.91. The van der Waals surface area contributed by atoms with Crippen LogP contribution < -0.4 is 5.32 Å². The summed E-state index contributed by atoms with van der Waals surface area (Å²) >= 11 is 1.64. The highest BCUT2D eigenvalue weighted by Crippen LogP contribution is 2.20. The van der Waals surface area contributed by atoms with Crippen LogP contribution in [0.3, 0.4) is 0 Å². The van der Waals surface area contributed by atoms with Crippen molar-refractivity contribution in [3.63, 3.8) is 0 Å². The van der Waals surface area contributed by atoms with E-state index >= 15 is 0 Å². The summed E-state index contributed by atoms with van der Waals surface area (Å²) in [5.41, 5.74) is 1.10. The number of hydrogen-bond acceptors (Lipinski definition) is 4. The number of halogens is 2. The number of aryl methyl sites for hydroxylation is 1. The van der Waals surface area contributed by atoms with Gasteiger partial charge in [-0.15, -0.1) is 11.3 Å². The lowest BCUT2D eigenvalue weighted by Gasteiger charge is -2.06. The molecule has 0 atom stereocenters. The van der Waals surface area contributed by atoms with Crippen molar-refractivity contribution in [2.45, 2.75) is 52.6 Å². The lowest BCUT2D eigenvalue weighted by atomic mass is 10.3. The number of nitrogens with one attached hydrogen (secondary N) is 1. The van der Waals surface area contributed by atoms with Gasteiger partial charge in [0, 0.05) is 23.9 Å². The monoisotopic (exact) mass is 292 g/mol. The lowest BCUT2D eigenvalue weighted by Crippen LogP contribution is -2.21. The maximum atomic E-state index is 11.9. The molecule has 1 rings (SSSR count). The van der Waals surface area contributed by atoms with Crippen LogP contribution in [0.25, 0.3) is 0 Å². The Morgan fingerprint density at radius 1 is 1.37 bits per heavy atom. The first-order valence-electron chi connectivity index (χ1n) is 6.59. The molecule has 110 valence electrons. The average Bonchev–Trinajstić information content (AvgIpc) is 2.74. The van der Waals surface area contributed by atoms with Crippen molar-refractivity contribution in [2.75, 3.05) is 13.2 Å². The summed E-state index contributed by atoms with van der Waals surface area (Å²) in [4.78, 5) is 5.77. The van der Waals surface area contributed by atoms with Crippen molar-refractivity contribution < 1.29 is 13.5 Å². The molecule has 0 amide bonds. The largest absolute Gasteiger partial charge is 0.375 e. The first-order chi connectivity index (χ1) is 9.02. The Kier molecular flexibility index (Phi) is 7.41. The summed E-state index contributed by atoms with van der Waals surface area (Å²) in [5.74, 6) is 0. The van der Waals surface area contributed by atoms with Crippen LogP contribution in [0.5, 0.6) is 0 Å². The highest BCUT2D eigenvalue weighted by Gasteiger charge is 2.10. The summed E-state index contributed by atoms with van der Waals surface area (Å²) in [6.07, 6.45) is -0.899. The van der Waals surface area contributed by atoms with E-state index in [1.165, 1.54) is 4.88 Å². The topological polar surface area (TPSA) is 34.1 Å². The van der Waals surface area contributed by atoms with Gasteiger partial charge in [0.2, 0.25) is 0 Å². The van der Waals surface area contributed by atoms with Crippen LogP contribution in [0.2, 0.25) is 0 Å². The molecule has 0 unspecified atom stereocenters. The van der Waals surface area contributed by atoms with Gasteiger partial charge >= 0.3 is 0 Å². The second kappa shape index (κ2) is 8.55. The van der Waals surface area contributed by atoms with E-state index in [-0.39, 0.29) is 0 Å². The second-order valence-electron chi connectivity index (χ2n) is 4.58. The van der Waals surface area contributed by atoms with Gasteiger partial charge in [0.15, 0.2) is 0 Å². The molecule has 0 bridgehead atoms. The molecule has 0 aromatic carbocycles. The number of hydrogen-bond donors (Lipinski definition) is 1. The Morgan fingerprint density at radius 3 is 2.68 bits per heavy atom. The molecule has 1 aromatic heterocycles. The van der Waals surface area contributed by atoms with Crippen molar-refractivity contribution in [3.8, 4) is 0 Å². The molecule has 0 saturated carbocycles. The lowest BCUT2D eigenvalue weighted by molar-refractivity contribution is 0.0187. The first kappa shape index (κ1) is 16.5.